The Hall–Kier alpha value is -3.88. The minimum Gasteiger partial charge on any atom is -0.497 e. The Morgan fingerprint density at radius 1 is 1.10 bits per heavy atom. The first-order chi connectivity index (χ1) is 14.1. The Morgan fingerprint density at radius 3 is 2.66 bits per heavy atom. The summed E-state index contributed by atoms with van der Waals surface area (Å²) in [6.07, 6.45) is 1.49. The first-order valence-corrected chi connectivity index (χ1v) is 8.93. The second-order valence-corrected chi connectivity index (χ2v) is 6.36. The van der Waals surface area contributed by atoms with E-state index in [4.69, 9.17) is 14.6 Å². The summed E-state index contributed by atoms with van der Waals surface area (Å²) in [6, 6.07) is 13.3. The number of ether oxygens (including phenoxy) is 2. The average Bonchev–Trinajstić information content (AvgIpc) is 3.31. The van der Waals surface area contributed by atoms with E-state index in [-0.39, 0.29) is 12.5 Å². The molecule has 29 heavy (non-hydrogen) atoms. The van der Waals surface area contributed by atoms with Gasteiger partial charge in [0.2, 0.25) is 5.91 Å². The summed E-state index contributed by atoms with van der Waals surface area (Å²) in [5, 5.41) is 16.4. The molecular formula is C20H20N6O3. The second-order valence-electron chi connectivity index (χ2n) is 6.36. The minimum absolute atomic E-state index is 0.0311. The van der Waals surface area contributed by atoms with E-state index in [1.54, 1.807) is 25.9 Å². The van der Waals surface area contributed by atoms with Crippen LogP contribution in [0, 0.1) is 0 Å². The maximum atomic E-state index is 12.5. The molecule has 0 aliphatic carbocycles. The maximum Gasteiger partial charge on any atom is 0.247 e. The third kappa shape index (κ3) is 3.62. The van der Waals surface area contributed by atoms with Crippen LogP contribution < -0.4 is 14.8 Å². The number of carbonyl (C=O) groups excluding carboxylic acids is 1. The molecule has 1 amide bonds. The number of benzene rings is 2. The zero-order valence-corrected chi connectivity index (χ0v) is 16.3. The summed E-state index contributed by atoms with van der Waals surface area (Å²) in [7, 11) is 4.91. The molecule has 148 valence electrons. The molecule has 0 unspecified atom stereocenters. The van der Waals surface area contributed by atoms with E-state index in [1.807, 2.05) is 42.5 Å². The summed E-state index contributed by atoms with van der Waals surface area (Å²) in [5.41, 5.74) is 2.33. The van der Waals surface area contributed by atoms with Crippen LogP contribution in [0.15, 0.2) is 48.7 Å². The highest BCUT2D eigenvalue weighted by Gasteiger charge is 2.18. The van der Waals surface area contributed by atoms with Gasteiger partial charge >= 0.3 is 0 Å². The molecule has 0 radical (unpaired) electrons. The van der Waals surface area contributed by atoms with Gasteiger partial charge in [0, 0.05) is 18.0 Å². The average molecular weight is 392 g/mol. The molecule has 2 heterocycles. The normalized spacial score (nSPS) is 10.9. The predicted octanol–water partition coefficient (Wildman–Crippen LogP) is 2.49. The number of methoxy groups -OCH3 is 2. The smallest absolute Gasteiger partial charge is 0.247 e. The number of para-hydroxylation sites is 1. The van der Waals surface area contributed by atoms with Gasteiger partial charge in [0.25, 0.3) is 0 Å². The van der Waals surface area contributed by atoms with E-state index in [9.17, 15) is 4.79 Å². The summed E-state index contributed by atoms with van der Waals surface area (Å²) in [4.78, 5) is 13.9. The monoisotopic (exact) mass is 392 g/mol. The minimum atomic E-state index is -0.247. The van der Waals surface area contributed by atoms with E-state index in [1.165, 1.54) is 11.0 Å². The van der Waals surface area contributed by atoms with Gasteiger partial charge in [0.1, 0.15) is 23.7 Å². The third-order valence-corrected chi connectivity index (χ3v) is 4.48. The standard InChI is InChI=1S/C20H20N6O3/c1-25-21-11-18(23-25)22-19(27)12-26-16-7-5-4-6-14(16)20(24-26)15-10-13(28-2)8-9-17(15)29-3/h4-11H,12H2,1-3H3,(H,22,23,27). The van der Waals surface area contributed by atoms with Crippen molar-refractivity contribution in [2.75, 3.05) is 19.5 Å². The Kier molecular flexibility index (Phi) is 4.86. The van der Waals surface area contributed by atoms with E-state index in [2.05, 4.69) is 15.5 Å². The highest BCUT2D eigenvalue weighted by Crippen LogP contribution is 2.36. The van der Waals surface area contributed by atoms with Gasteiger partial charge in [-0.15, -0.1) is 5.10 Å². The van der Waals surface area contributed by atoms with Crippen LogP contribution in [0.5, 0.6) is 11.5 Å². The molecule has 0 atom stereocenters. The number of nitrogens with zero attached hydrogens (tertiary/aromatic N) is 5. The second kappa shape index (κ2) is 7.63. The van der Waals surface area contributed by atoms with Crippen LogP contribution in [0.2, 0.25) is 0 Å². The molecule has 4 rings (SSSR count). The van der Waals surface area contributed by atoms with Gasteiger partial charge in [-0.05, 0) is 24.3 Å². The van der Waals surface area contributed by atoms with Crippen molar-refractivity contribution in [2.45, 2.75) is 6.54 Å². The lowest BCUT2D eigenvalue weighted by atomic mass is 10.1. The number of rotatable bonds is 6. The van der Waals surface area contributed by atoms with Crippen molar-refractivity contribution in [3.63, 3.8) is 0 Å². The molecule has 0 saturated heterocycles. The fourth-order valence-corrected chi connectivity index (χ4v) is 3.17. The highest BCUT2D eigenvalue weighted by molar-refractivity contribution is 5.96. The first-order valence-electron chi connectivity index (χ1n) is 8.93. The Bertz CT molecular complexity index is 1180. The van der Waals surface area contributed by atoms with Crippen molar-refractivity contribution >= 4 is 22.6 Å². The molecule has 0 aliphatic heterocycles. The van der Waals surface area contributed by atoms with Gasteiger partial charge in [0.15, 0.2) is 5.82 Å². The van der Waals surface area contributed by atoms with Crippen LogP contribution in [0.1, 0.15) is 0 Å². The van der Waals surface area contributed by atoms with Crippen molar-refractivity contribution in [1.82, 2.24) is 24.8 Å². The van der Waals surface area contributed by atoms with Crippen LogP contribution in [0.4, 0.5) is 5.82 Å². The van der Waals surface area contributed by atoms with Crippen LogP contribution in [-0.2, 0) is 18.4 Å². The molecule has 1 N–H and O–H groups in total. The SMILES string of the molecule is COc1ccc(OC)c(-c2nn(CC(=O)Nc3cnn(C)n3)c3ccccc23)c1. The van der Waals surface area contributed by atoms with E-state index >= 15 is 0 Å². The van der Waals surface area contributed by atoms with Gasteiger partial charge in [-0.25, -0.2) is 0 Å². The first kappa shape index (κ1) is 18.5. The molecule has 9 heteroatoms. The molecule has 0 bridgehead atoms. The van der Waals surface area contributed by atoms with E-state index in [0.29, 0.717) is 23.0 Å². The lowest BCUT2D eigenvalue weighted by molar-refractivity contribution is -0.116. The van der Waals surface area contributed by atoms with Crippen LogP contribution in [0.25, 0.3) is 22.2 Å². The Balaban J connectivity index is 1.73. The fraction of sp³-hybridized carbons (Fsp3) is 0.200. The lowest BCUT2D eigenvalue weighted by Crippen LogP contribution is -2.19. The number of carbonyl (C=O) groups is 1. The van der Waals surface area contributed by atoms with E-state index in [0.717, 1.165) is 16.5 Å². The molecular weight excluding hydrogens is 372 g/mol. The number of aromatic nitrogens is 5. The zero-order chi connectivity index (χ0) is 20.4. The number of fused-ring (bicyclic) bond motifs is 1. The van der Waals surface area contributed by atoms with Crippen molar-refractivity contribution in [3.05, 3.63) is 48.7 Å². The van der Waals surface area contributed by atoms with Crippen LogP contribution >= 0.6 is 0 Å². The van der Waals surface area contributed by atoms with Gasteiger partial charge in [-0.3, -0.25) is 9.48 Å². The van der Waals surface area contributed by atoms with Crippen LogP contribution in [-0.4, -0.2) is 44.9 Å². The highest BCUT2D eigenvalue weighted by atomic mass is 16.5. The van der Waals surface area contributed by atoms with Crippen molar-refractivity contribution in [3.8, 4) is 22.8 Å². The summed E-state index contributed by atoms with van der Waals surface area (Å²) in [6.45, 7) is 0.0311. The molecule has 9 nitrogen and oxygen atoms in total. The number of nitrogens with one attached hydrogen (secondary N) is 1. The van der Waals surface area contributed by atoms with E-state index < -0.39 is 0 Å². The molecule has 4 aromatic rings. The maximum absolute atomic E-state index is 12.5. The van der Waals surface area contributed by atoms with Crippen molar-refractivity contribution in [1.29, 1.82) is 0 Å². The zero-order valence-electron chi connectivity index (χ0n) is 16.3. The molecule has 0 aliphatic rings. The molecule has 0 spiro atoms. The predicted molar refractivity (Wildman–Crippen MR) is 108 cm³/mol. The molecule has 2 aromatic heterocycles. The summed E-state index contributed by atoms with van der Waals surface area (Å²) in [5.74, 6) is 1.51. The molecule has 0 saturated carbocycles. The topological polar surface area (TPSA) is 96.1 Å². The van der Waals surface area contributed by atoms with Gasteiger partial charge in [0.05, 0.1) is 25.9 Å². The Morgan fingerprint density at radius 2 is 1.93 bits per heavy atom. The number of hydrogen-bond donors (Lipinski definition) is 1. The Labute approximate surface area is 166 Å². The quantitative estimate of drug-likeness (QED) is 0.542. The largest absolute Gasteiger partial charge is 0.497 e. The molecule has 0 fully saturated rings. The number of amides is 1. The van der Waals surface area contributed by atoms with Gasteiger partial charge < -0.3 is 14.8 Å². The van der Waals surface area contributed by atoms with Crippen molar-refractivity contribution in [2.24, 2.45) is 7.05 Å². The van der Waals surface area contributed by atoms with Crippen molar-refractivity contribution < 1.29 is 14.3 Å². The summed E-state index contributed by atoms with van der Waals surface area (Å²) >= 11 is 0. The van der Waals surface area contributed by atoms with Gasteiger partial charge in [-0.2, -0.15) is 15.0 Å². The number of anilines is 1. The van der Waals surface area contributed by atoms with Crippen LogP contribution in [0.3, 0.4) is 0 Å². The summed E-state index contributed by atoms with van der Waals surface area (Å²) < 4.78 is 12.5. The number of hydrogen-bond acceptors (Lipinski definition) is 6. The molecule has 2 aromatic carbocycles. The fourth-order valence-electron chi connectivity index (χ4n) is 3.17. The number of aryl methyl sites for hydroxylation is 1. The third-order valence-electron chi connectivity index (χ3n) is 4.48. The lowest BCUT2D eigenvalue weighted by Gasteiger charge is -2.09. The van der Waals surface area contributed by atoms with Gasteiger partial charge in [-0.1, -0.05) is 18.2 Å².